The number of hydrogen-bond acceptors (Lipinski definition) is 4. The Balaban J connectivity index is 1.95. The van der Waals surface area contributed by atoms with Crippen LogP contribution in [-0.4, -0.2) is 44.5 Å². The summed E-state index contributed by atoms with van der Waals surface area (Å²) < 4.78 is 10.4. The van der Waals surface area contributed by atoms with E-state index in [-0.39, 0.29) is 18.4 Å². The number of likely N-dealkylation sites (N-methyl/N-ethyl adjacent to an activating group) is 1. The Labute approximate surface area is 159 Å². The summed E-state index contributed by atoms with van der Waals surface area (Å²) in [6.07, 6.45) is 3.06. The summed E-state index contributed by atoms with van der Waals surface area (Å²) in [7, 11) is 4.70. The smallest absolute Gasteiger partial charge is 0.246 e. The number of nitrogens with zero attached hydrogens (tertiary/aromatic N) is 1. The normalized spacial score (nSPS) is 10.5. The summed E-state index contributed by atoms with van der Waals surface area (Å²) in [6.45, 7) is 1.93. The summed E-state index contributed by atoms with van der Waals surface area (Å²) in [5.41, 5.74) is 2.57. The highest BCUT2D eigenvalue weighted by molar-refractivity contribution is 5.97. The van der Waals surface area contributed by atoms with Crippen molar-refractivity contribution in [3.63, 3.8) is 0 Å². The molecule has 0 unspecified atom stereocenters. The lowest BCUT2D eigenvalue weighted by atomic mass is 10.2. The number of amides is 2. The molecule has 1 N–H and O–H groups in total. The first-order valence-electron chi connectivity index (χ1n) is 8.44. The van der Waals surface area contributed by atoms with Gasteiger partial charge in [0, 0.05) is 24.9 Å². The highest BCUT2D eigenvalue weighted by Crippen LogP contribution is 2.23. The Bertz CT molecular complexity index is 806. The third kappa shape index (κ3) is 6.18. The zero-order chi connectivity index (χ0) is 19.8. The fourth-order valence-electron chi connectivity index (χ4n) is 2.35. The van der Waals surface area contributed by atoms with Gasteiger partial charge in [0.2, 0.25) is 11.8 Å². The van der Waals surface area contributed by atoms with E-state index < -0.39 is 0 Å². The van der Waals surface area contributed by atoms with Crippen LogP contribution in [0.15, 0.2) is 48.5 Å². The third-order valence-electron chi connectivity index (χ3n) is 3.88. The van der Waals surface area contributed by atoms with Gasteiger partial charge in [0.25, 0.3) is 0 Å². The fraction of sp³-hybridized carbons (Fsp3) is 0.238. The predicted octanol–water partition coefficient (Wildman–Crippen LogP) is 3.12. The molecule has 0 bridgehead atoms. The van der Waals surface area contributed by atoms with Crippen LogP contribution >= 0.6 is 0 Å². The summed E-state index contributed by atoms with van der Waals surface area (Å²) in [4.78, 5) is 25.7. The van der Waals surface area contributed by atoms with Crippen molar-refractivity contribution in [2.75, 3.05) is 33.1 Å². The first-order chi connectivity index (χ1) is 12.9. The van der Waals surface area contributed by atoms with Gasteiger partial charge in [-0.1, -0.05) is 17.7 Å². The number of benzene rings is 2. The first-order valence-corrected chi connectivity index (χ1v) is 8.44. The minimum absolute atomic E-state index is 0.0432. The van der Waals surface area contributed by atoms with Crippen molar-refractivity contribution >= 4 is 23.6 Å². The van der Waals surface area contributed by atoms with E-state index in [0.717, 1.165) is 11.1 Å². The lowest BCUT2D eigenvalue weighted by Gasteiger charge is -2.15. The molecule has 0 heterocycles. The van der Waals surface area contributed by atoms with Crippen molar-refractivity contribution in [2.45, 2.75) is 6.92 Å². The standard InChI is InChI=1S/C21H24N2O4/c1-15-5-8-17(9-6-15)22-20(24)14-23(2)21(25)10-7-16-11-18(26-3)13-19(12-16)27-4/h5-13H,14H2,1-4H3,(H,22,24)/b10-7+. The van der Waals surface area contributed by atoms with Crippen LogP contribution in [0.5, 0.6) is 11.5 Å². The lowest BCUT2D eigenvalue weighted by molar-refractivity contribution is -0.129. The second-order valence-corrected chi connectivity index (χ2v) is 6.09. The van der Waals surface area contributed by atoms with Gasteiger partial charge in [-0.15, -0.1) is 0 Å². The maximum atomic E-state index is 12.3. The van der Waals surface area contributed by atoms with E-state index >= 15 is 0 Å². The fourth-order valence-corrected chi connectivity index (χ4v) is 2.35. The number of nitrogens with one attached hydrogen (secondary N) is 1. The quantitative estimate of drug-likeness (QED) is 0.763. The lowest BCUT2D eigenvalue weighted by Crippen LogP contribution is -2.33. The Kier molecular flexibility index (Phi) is 7.00. The van der Waals surface area contributed by atoms with Crippen molar-refractivity contribution in [3.05, 3.63) is 59.7 Å². The number of anilines is 1. The van der Waals surface area contributed by atoms with Gasteiger partial charge in [0.1, 0.15) is 11.5 Å². The average Bonchev–Trinajstić information content (AvgIpc) is 2.67. The molecule has 0 saturated carbocycles. The molecule has 0 aliphatic heterocycles. The molecule has 0 fully saturated rings. The van der Waals surface area contributed by atoms with Crippen LogP contribution in [0.25, 0.3) is 6.08 Å². The van der Waals surface area contributed by atoms with Crippen molar-refractivity contribution in [1.82, 2.24) is 4.90 Å². The minimum atomic E-state index is -0.282. The summed E-state index contributed by atoms with van der Waals surface area (Å²) in [5, 5.41) is 2.77. The summed E-state index contributed by atoms with van der Waals surface area (Å²) in [5.74, 6) is 0.724. The van der Waals surface area contributed by atoms with E-state index in [4.69, 9.17) is 9.47 Å². The second-order valence-electron chi connectivity index (χ2n) is 6.09. The summed E-state index contributed by atoms with van der Waals surface area (Å²) >= 11 is 0. The SMILES string of the molecule is COc1cc(/C=C/C(=O)N(C)CC(=O)Nc2ccc(C)cc2)cc(OC)c1. The van der Waals surface area contributed by atoms with Gasteiger partial charge in [-0.05, 0) is 42.8 Å². The molecule has 6 nitrogen and oxygen atoms in total. The largest absolute Gasteiger partial charge is 0.497 e. The molecule has 0 aromatic heterocycles. The molecule has 6 heteroatoms. The van der Waals surface area contributed by atoms with Crippen molar-refractivity contribution in [2.24, 2.45) is 0 Å². The zero-order valence-corrected chi connectivity index (χ0v) is 16.0. The molecule has 2 aromatic rings. The van der Waals surface area contributed by atoms with E-state index in [0.29, 0.717) is 17.2 Å². The van der Waals surface area contributed by atoms with E-state index in [1.165, 1.54) is 11.0 Å². The topological polar surface area (TPSA) is 67.9 Å². The maximum Gasteiger partial charge on any atom is 0.246 e. The molecule has 2 aromatic carbocycles. The highest BCUT2D eigenvalue weighted by atomic mass is 16.5. The summed E-state index contributed by atoms with van der Waals surface area (Å²) in [6, 6.07) is 12.8. The number of rotatable bonds is 7. The number of ether oxygens (including phenoxy) is 2. The minimum Gasteiger partial charge on any atom is -0.497 e. The van der Waals surface area contributed by atoms with E-state index in [2.05, 4.69) is 5.32 Å². The highest BCUT2D eigenvalue weighted by Gasteiger charge is 2.11. The molecule has 142 valence electrons. The molecule has 0 aliphatic rings. The molecule has 0 radical (unpaired) electrons. The van der Waals surface area contributed by atoms with Gasteiger partial charge in [-0.25, -0.2) is 0 Å². The van der Waals surface area contributed by atoms with Crippen molar-refractivity contribution < 1.29 is 19.1 Å². The van der Waals surface area contributed by atoms with Crippen LogP contribution in [0.4, 0.5) is 5.69 Å². The van der Waals surface area contributed by atoms with Crippen LogP contribution in [0.2, 0.25) is 0 Å². The van der Waals surface area contributed by atoms with Gasteiger partial charge in [-0.3, -0.25) is 9.59 Å². The molecule has 0 spiro atoms. The third-order valence-corrected chi connectivity index (χ3v) is 3.88. The Morgan fingerprint density at radius 2 is 1.63 bits per heavy atom. The molecule has 0 aliphatic carbocycles. The van der Waals surface area contributed by atoms with Crippen molar-refractivity contribution in [3.8, 4) is 11.5 Å². The van der Waals surface area contributed by atoms with Gasteiger partial charge < -0.3 is 19.7 Å². The molecular weight excluding hydrogens is 344 g/mol. The van der Waals surface area contributed by atoms with E-state index in [1.807, 2.05) is 31.2 Å². The van der Waals surface area contributed by atoms with Crippen LogP contribution < -0.4 is 14.8 Å². The number of carbonyl (C=O) groups excluding carboxylic acids is 2. The number of methoxy groups -OCH3 is 2. The van der Waals surface area contributed by atoms with Crippen LogP contribution in [0.3, 0.4) is 0 Å². The molecule has 27 heavy (non-hydrogen) atoms. The second kappa shape index (κ2) is 9.43. The number of carbonyl (C=O) groups is 2. The van der Waals surface area contributed by atoms with Crippen LogP contribution in [-0.2, 0) is 9.59 Å². The first kappa shape index (κ1) is 20.0. The van der Waals surface area contributed by atoms with Gasteiger partial charge >= 0.3 is 0 Å². The maximum absolute atomic E-state index is 12.3. The van der Waals surface area contributed by atoms with Crippen molar-refractivity contribution in [1.29, 1.82) is 0 Å². The number of aryl methyl sites for hydroxylation is 1. The molecule has 0 atom stereocenters. The Morgan fingerprint density at radius 1 is 1.04 bits per heavy atom. The average molecular weight is 368 g/mol. The monoisotopic (exact) mass is 368 g/mol. The van der Waals surface area contributed by atoms with Crippen LogP contribution in [0, 0.1) is 6.92 Å². The van der Waals surface area contributed by atoms with Gasteiger partial charge in [-0.2, -0.15) is 0 Å². The molecular formula is C21H24N2O4. The molecule has 0 saturated heterocycles. The Morgan fingerprint density at radius 3 is 2.19 bits per heavy atom. The predicted molar refractivity (Wildman–Crippen MR) is 106 cm³/mol. The van der Waals surface area contributed by atoms with Crippen LogP contribution in [0.1, 0.15) is 11.1 Å². The van der Waals surface area contributed by atoms with Gasteiger partial charge in [0.15, 0.2) is 0 Å². The molecule has 2 rings (SSSR count). The number of hydrogen-bond donors (Lipinski definition) is 1. The van der Waals surface area contributed by atoms with E-state index in [1.54, 1.807) is 45.5 Å². The van der Waals surface area contributed by atoms with E-state index in [9.17, 15) is 9.59 Å². The molecule has 2 amide bonds. The Hall–Kier alpha value is -3.28. The van der Waals surface area contributed by atoms with Gasteiger partial charge in [0.05, 0.1) is 20.8 Å². The zero-order valence-electron chi connectivity index (χ0n) is 16.0.